The Bertz CT molecular complexity index is 1310. The predicted molar refractivity (Wildman–Crippen MR) is 136 cm³/mol. The number of likely N-dealkylation sites (tertiary alicyclic amines) is 1. The van der Waals surface area contributed by atoms with Crippen molar-refractivity contribution in [3.05, 3.63) is 83.2 Å². The lowest BCUT2D eigenvalue weighted by molar-refractivity contribution is 0.205. The van der Waals surface area contributed by atoms with E-state index in [1.807, 2.05) is 61.5 Å². The van der Waals surface area contributed by atoms with Crippen molar-refractivity contribution < 1.29 is 4.74 Å². The standard InChI is InChI=1S/C28H30N4O2/c1-21-30-27-11-6-23(22-12-14-29-15-13-22)20-26(27)28(33)32(21)24-7-9-25(10-8-24)34-19-5-18-31-16-3-2-4-17-31/h6-15,20H,2-5,16-19H2,1H3. The summed E-state index contributed by atoms with van der Waals surface area (Å²) >= 11 is 0. The van der Waals surface area contributed by atoms with E-state index in [1.165, 1.54) is 32.4 Å². The molecule has 34 heavy (non-hydrogen) atoms. The Morgan fingerprint density at radius 1 is 0.912 bits per heavy atom. The summed E-state index contributed by atoms with van der Waals surface area (Å²) in [6, 6.07) is 17.4. The van der Waals surface area contributed by atoms with Crippen molar-refractivity contribution in [2.45, 2.75) is 32.6 Å². The maximum Gasteiger partial charge on any atom is 0.265 e. The van der Waals surface area contributed by atoms with Crippen LogP contribution in [0.2, 0.25) is 0 Å². The molecule has 0 spiro atoms. The van der Waals surface area contributed by atoms with E-state index in [0.717, 1.165) is 35.5 Å². The van der Waals surface area contributed by atoms with Crippen molar-refractivity contribution in [3.8, 4) is 22.6 Å². The van der Waals surface area contributed by atoms with Crippen LogP contribution in [0.15, 0.2) is 71.8 Å². The quantitative estimate of drug-likeness (QED) is 0.367. The molecule has 6 heteroatoms. The molecule has 2 aromatic carbocycles. The van der Waals surface area contributed by atoms with Crippen molar-refractivity contribution in [2.24, 2.45) is 0 Å². The van der Waals surface area contributed by atoms with Crippen LogP contribution in [0, 0.1) is 6.92 Å². The molecule has 6 nitrogen and oxygen atoms in total. The fraction of sp³-hybridized carbons (Fsp3) is 0.321. The molecule has 1 saturated heterocycles. The van der Waals surface area contributed by atoms with Gasteiger partial charge in [0.05, 0.1) is 23.2 Å². The maximum atomic E-state index is 13.5. The second-order valence-corrected chi connectivity index (χ2v) is 8.87. The van der Waals surface area contributed by atoms with Crippen molar-refractivity contribution in [2.75, 3.05) is 26.2 Å². The first kappa shape index (κ1) is 22.3. The van der Waals surface area contributed by atoms with E-state index in [4.69, 9.17) is 4.74 Å². The summed E-state index contributed by atoms with van der Waals surface area (Å²) in [6.07, 6.45) is 8.52. The van der Waals surface area contributed by atoms with Crippen molar-refractivity contribution >= 4 is 10.9 Å². The van der Waals surface area contributed by atoms with Gasteiger partial charge in [0, 0.05) is 18.9 Å². The average Bonchev–Trinajstić information content (AvgIpc) is 2.88. The molecule has 0 amide bonds. The second kappa shape index (κ2) is 10.2. The number of aryl methyl sites for hydroxylation is 1. The molecule has 2 aromatic heterocycles. The third-order valence-corrected chi connectivity index (χ3v) is 6.48. The SMILES string of the molecule is Cc1nc2ccc(-c3ccncc3)cc2c(=O)n1-c1ccc(OCCCN2CCCCC2)cc1. The van der Waals surface area contributed by atoms with E-state index in [9.17, 15) is 4.79 Å². The first-order valence-corrected chi connectivity index (χ1v) is 12.1. The molecule has 4 aromatic rings. The van der Waals surface area contributed by atoms with Crippen molar-refractivity contribution in [1.29, 1.82) is 0 Å². The number of hydrogen-bond donors (Lipinski definition) is 0. The minimum atomic E-state index is -0.0754. The van der Waals surface area contributed by atoms with E-state index < -0.39 is 0 Å². The Labute approximate surface area is 199 Å². The number of fused-ring (bicyclic) bond motifs is 1. The molecule has 0 bridgehead atoms. The highest BCUT2D eigenvalue weighted by molar-refractivity contribution is 5.84. The smallest absolute Gasteiger partial charge is 0.265 e. The lowest BCUT2D eigenvalue weighted by atomic mass is 10.0. The molecule has 1 aliphatic heterocycles. The van der Waals surface area contributed by atoms with E-state index >= 15 is 0 Å². The number of benzene rings is 2. The molecule has 0 unspecified atom stereocenters. The fourth-order valence-corrected chi connectivity index (χ4v) is 4.68. The second-order valence-electron chi connectivity index (χ2n) is 8.87. The van der Waals surface area contributed by atoms with Gasteiger partial charge in [-0.05, 0) is 98.9 Å². The molecule has 0 saturated carbocycles. The van der Waals surface area contributed by atoms with Gasteiger partial charge in [-0.25, -0.2) is 4.98 Å². The fourth-order valence-electron chi connectivity index (χ4n) is 4.68. The average molecular weight is 455 g/mol. The Kier molecular flexibility index (Phi) is 6.67. The Morgan fingerprint density at radius 2 is 1.68 bits per heavy atom. The van der Waals surface area contributed by atoms with Gasteiger partial charge in [-0.2, -0.15) is 0 Å². The van der Waals surface area contributed by atoms with Crippen LogP contribution in [0.4, 0.5) is 0 Å². The number of rotatable bonds is 7. The number of hydrogen-bond acceptors (Lipinski definition) is 5. The Hall–Kier alpha value is -3.51. The van der Waals surface area contributed by atoms with Crippen molar-refractivity contribution in [3.63, 3.8) is 0 Å². The van der Waals surface area contributed by atoms with Crippen LogP contribution in [0.1, 0.15) is 31.5 Å². The lowest BCUT2D eigenvalue weighted by Gasteiger charge is -2.26. The number of nitrogens with zero attached hydrogens (tertiary/aromatic N) is 4. The number of aromatic nitrogens is 3. The van der Waals surface area contributed by atoms with Crippen LogP contribution in [-0.4, -0.2) is 45.7 Å². The van der Waals surface area contributed by atoms with Gasteiger partial charge >= 0.3 is 0 Å². The summed E-state index contributed by atoms with van der Waals surface area (Å²) in [4.78, 5) is 24.7. The summed E-state index contributed by atoms with van der Waals surface area (Å²) in [6.45, 7) is 6.09. The lowest BCUT2D eigenvalue weighted by Crippen LogP contribution is -2.31. The minimum Gasteiger partial charge on any atom is -0.494 e. The van der Waals surface area contributed by atoms with Crippen LogP contribution >= 0.6 is 0 Å². The third-order valence-electron chi connectivity index (χ3n) is 6.48. The van der Waals surface area contributed by atoms with Gasteiger partial charge in [-0.1, -0.05) is 12.5 Å². The highest BCUT2D eigenvalue weighted by Gasteiger charge is 2.12. The first-order chi connectivity index (χ1) is 16.7. The highest BCUT2D eigenvalue weighted by Crippen LogP contribution is 2.23. The molecular formula is C28H30N4O2. The van der Waals surface area contributed by atoms with E-state index in [2.05, 4.69) is 14.9 Å². The van der Waals surface area contributed by atoms with Crippen LogP contribution in [0.5, 0.6) is 5.75 Å². The van der Waals surface area contributed by atoms with Gasteiger partial charge in [-0.15, -0.1) is 0 Å². The third kappa shape index (κ3) is 4.87. The summed E-state index contributed by atoms with van der Waals surface area (Å²) in [5, 5.41) is 0.595. The summed E-state index contributed by atoms with van der Waals surface area (Å²) < 4.78 is 7.61. The van der Waals surface area contributed by atoms with Crippen LogP contribution in [0.3, 0.4) is 0 Å². The largest absolute Gasteiger partial charge is 0.494 e. The van der Waals surface area contributed by atoms with Gasteiger partial charge in [0.2, 0.25) is 0 Å². The van der Waals surface area contributed by atoms with Crippen LogP contribution < -0.4 is 10.3 Å². The van der Waals surface area contributed by atoms with E-state index in [0.29, 0.717) is 23.3 Å². The zero-order valence-electron chi connectivity index (χ0n) is 19.6. The van der Waals surface area contributed by atoms with Gasteiger partial charge in [0.15, 0.2) is 0 Å². The van der Waals surface area contributed by atoms with Gasteiger partial charge in [0.25, 0.3) is 5.56 Å². The van der Waals surface area contributed by atoms with E-state index in [-0.39, 0.29) is 5.56 Å². The molecule has 174 valence electrons. The zero-order chi connectivity index (χ0) is 23.3. The molecule has 1 aliphatic rings. The Morgan fingerprint density at radius 3 is 2.44 bits per heavy atom. The molecule has 5 rings (SSSR count). The summed E-state index contributed by atoms with van der Waals surface area (Å²) in [7, 11) is 0. The monoisotopic (exact) mass is 454 g/mol. The molecule has 0 atom stereocenters. The van der Waals surface area contributed by atoms with Gasteiger partial charge in [-0.3, -0.25) is 14.3 Å². The normalized spacial score (nSPS) is 14.4. The van der Waals surface area contributed by atoms with Gasteiger partial charge in [0.1, 0.15) is 11.6 Å². The summed E-state index contributed by atoms with van der Waals surface area (Å²) in [5.74, 6) is 1.48. The van der Waals surface area contributed by atoms with Crippen molar-refractivity contribution in [1.82, 2.24) is 19.4 Å². The predicted octanol–water partition coefficient (Wildman–Crippen LogP) is 5.01. The molecule has 0 radical (unpaired) electrons. The first-order valence-electron chi connectivity index (χ1n) is 12.1. The number of pyridine rings is 1. The maximum absolute atomic E-state index is 13.5. The summed E-state index contributed by atoms with van der Waals surface area (Å²) in [5.41, 5.74) is 3.40. The topological polar surface area (TPSA) is 60.3 Å². The van der Waals surface area contributed by atoms with Gasteiger partial charge < -0.3 is 9.64 Å². The molecule has 0 aliphatic carbocycles. The number of piperidine rings is 1. The zero-order valence-corrected chi connectivity index (χ0v) is 19.6. The highest BCUT2D eigenvalue weighted by atomic mass is 16.5. The minimum absolute atomic E-state index is 0.0754. The Balaban J connectivity index is 1.33. The van der Waals surface area contributed by atoms with Crippen LogP contribution in [-0.2, 0) is 0 Å². The van der Waals surface area contributed by atoms with Crippen LogP contribution in [0.25, 0.3) is 27.7 Å². The molecule has 3 heterocycles. The molecule has 1 fully saturated rings. The number of ether oxygens (including phenoxy) is 1. The van der Waals surface area contributed by atoms with E-state index in [1.54, 1.807) is 17.0 Å². The molecule has 0 N–H and O–H groups in total. The molecular weight excluding hydrogens is 424 g/mol.